The predicted octanol–water partition coefficient (Wildman–Crippen LogP) is 3.38. The minimum absolute atomic E-state index is 0.727. The number of piperidine rings is 1. The molecular weight excluding hydrogens is 240 g/mol. The molecule has 100 valence electrons. The van der Waals surface area contributed by atoms with Crippen LogP contribution in [0.2, 0.25) is 0 Å². The van der Waals surface area contributed by atoms with Gasteiger partial charge in [-0.25, -0.2) is 0 Å². The number of thioether (sulfide) groups is 1. The van der Waals surface area contributed by atoms with E-state index in [1.165, 1.54) is 42.9 Å². The summed E-state index contributed by atoms with van der Waals surface area (Å²) in [6.45, 7) is 5.75. The van der Waals surface area contributed by atoms with E-state index >= 15 is 0 Å². The van der Waals surface area contributed by atoms with Gasteiger partial charge in [-0.2, -0.15) is 0 Å². The van der Waals surface area contributed by atoms with E-state index in [4.69, 9.17) is 0 Å². The van der Waals surface area contributed by atoms with E-state index in [-0.39, 0.29) is 0 Å². The Morgan fingerprint density at radius 1 is 1.33 bits per heavy atom. The first-order valence-corrected chi connectivity index (χ1v) is 8.18. The standard InChI is InChI=1S/C15H24N2S/c1-3-9-16-13-7-10-17(11-8-13)14-5-4-6-15(12-14)18-2/h4-6,12-13,16H,3,7-11H2,1-2H3. The first-order chi connectivity index (χ1) is 8.83. The monoisotopic (exact) mass is 264 g/mol. The van der Waals surface area contributed by atoms with Gasteiger partial charge in [0.05, 0.1) is 0 Å². The van der Waals surface area contributed by atoms with Gasteiger partial charge in [-0.15, -0.1) is 11.8 Å². The molecule has 1 aromatic rings. The van der Waals surface area contributed by atoms with Crippen molar-refractivity contribution < 1.29 is 0 Å². The molecule has 1 N–H and O–H groups in total. The summed E-state index contributed by atoms with van der Waals surface area (Å²) in [5, 5.41) is 3.64. The summed E-state index contributed by atoms with van der Waals surface area (Å²) < 4.78 is 0. The summed E-state index contributed by atoms with van der Waals surface area (Å²) >= 11 is 1.82. The first-order valence-electron chi connectivity index (χ1n) is 6.96. The average Bonchev–Trinajstić information content (AvgIpc) is 2.46. The highest BCUT2D eigenvalue weighted by molar-refractivity contribution is 7.98. The van der Waals surface area contributed by atoms with Crippen molar-refractivity contribution >= 4 is 17.4 Å². The molecule has 18 heavy (non-hydrogen) atoms. The molecule has 1 heterocycles. The third-order valence-electron chi connectivity index (χ3n) is 3.60. The SMILES string of the molecule is CCCNC1CCN(c2cccc(SC)c2)CC1. The second-order valence-corrected chi connectivity index (χ2v) is 5.80. The van der Waals surface area contributed by atoms with Gasteiger partial charge in [0.1, 0.15) is 0 Å². The fourth-order valence-corrected chi connectivity index (χ4v) is 2.95. The van der Waals surface area contributed by atoms with Crippen LogP contribution in [0.15, 0.2) is 29.2 Å². The lowest BCUT2D eigenvalue weighted by Gasteiger charge is -2.34. The third kappa shape index (κ3) is 3.66. The highest BCUT2D eigenvalue weighted by Crippen LogP contribution is 2.24. The Balaban J connectivity index is 1.88. The Morgan fingerprint density at radius 3 is 2.78 bits per heavy atom. The summed E-state index contributed by atoms with van der Waals surface area (Å²) in [6, 6.07) is 9.63. The molecule has 1 aromatic carbocycles. The molecular formula is C15H24N2S. The lowest BCUT2D eigenvalue weighted by Crippen LogP contribution is -2.42. The molecule has 1 saturated heterocycles. The van der Waals surface area contributed by atoms with Crippen LogP contribution in [0, 0.1) is 0 Å². The quantitative estimate of drug-likeness (QED) is 0.821. The number of hydrogen-bond acceptors (Lipinski definition) is 3. The fourth-order valence-electron chi connectivity index (χ4n) is 2.50. The van der Waals surface area contributed by atoms with Crippen LogP contribution in [-0.2, 0) is 0 Å². The van der Waals surface area contributed by atoms with Gasteiger partial charge in [-0.3, -0.25) is 0 Å². The van der Waals surface area contributed by atoms with Crippen LogP contribution in [0.5, 0.6) is 0 Å². The smallest absolute Gasteiger partial charge is 0.0377 e. The van der Waals surface area contributed by atoms with Crippen molar-refractivity contribution in [3.05, 3.63) is 24.3 Å². The molecule has 0 aromatic heterocycles. The van der Waals surface area contributed by atoms with Crippen LogP contribution in [0.4, 0.5) is 5.69 Å². The van der Waals surface area contributed by atoms with Gasteiger partial charge in [0.2, 0.25) is 0 Å². The van der Waals surface area contributed by atoms with E-state index < -0.39 is 0 Å². The Kier molecular flexibility index (Phi) is 5.39. The Labute approximate surface area is 115 Å². The molecule has 2 rings (SSSR count). The van der Waals surface area contributed by atoms with E-state index in [0.717, 1.165) is 12.6 Å². The number of benzene rings is 1. The summed E-state index contributed by atoms with van der Waals surface area (Å²) in [4.78, 5) is 3.88. The van der Waals surface area contributed by atoms with Crippen molar-refractivity contribution in [2.45, 2.75) is 37.1 Å². The van der Waals surface area contributed by atoms with Crippen LogP contribution in [-0.4, -0.2) is 31.9 Å². The molecule has 0 amide bonds. The number of nitrogens with one attached hydrogen (secondary N) is 1. The molecule has 0 bridgehead atoms. The normalized spacial score (nSPS) is 17.1. The molecule has 0 spiro atoms. The van der Waals surface area contributed by atoms with Gasteiger partial charge in [0.25, 0.3) is 0 Å². The number of anilines is 1. The van der Waals surface area contributed by atoms with Crippen molar-refractivity contribution in [1.29, 1.82) is 0 Å². The van der Waals surface area contributed by atoms with Crippen LogP contribution in [0.1, 0.15) is 26.2 Å². The molecule has 2 nitrogen and oxygen atoms in total. The molecule has 0 saturated carbocycles. The van der Waals surface area contributed by atoms with Gasteiger partial charge in [-0.1, -0.05) is 13.0 Å². The van der Waals surface area contributed by atoms with Crippen molar-refractivity contribution in [1.82, 2.24) is 5.32 Å². The maximum Gasteiger partial charge on any atom is 0.0377 e. The molecule has 0 unspecified atom stereocenters. The van der Waals surface area contributed by atoms with Crippen molar-refractivity contribution in [3.63, 3.8) is 0 Å². The number of hydrogen-bond donors (Lipinski definition) is 1. The van der Waals surface area contributed by atoms with Gasteiger partial charge in [-0.05, 0) is 50.3 Å². The fraction of sp³-hybridized carbons (Fsp3) is 0.600. The minimum Gasteiger partial charge on any atom is -0.371 e. The number of rotatable bonds is 5. The second-order valence-electron chi connectivity index (χ2n) is 4.92. The Bertz CT molecular complexity index is 359. The summed E-state index contributed by atoms with van der Waals surface area (Å²) in [5.41, 5.74) is 1.38. The Hall–Kier alpha value is -0.670. The van der Waals surface area contributed by atoms with E-state index in [1.807, 2.05) is 11.8 Å². The van der Waals surface area contributed by atoms with Gasteiger partial charge in [0.15, 0.2) is 0 Å². The van der Waals surface area contributed by atoms with Gasteiger partial charge in [0, 0.05) is 29.7 Å². The Morgan fingerprint density at radius 2 is 2.11 bits per heavy atom. The second kappa shape index (κ2) is 7.05. The van der Waals surface area contributed by atoms with E-state index in [9.17, 15) is 0 Å². The molecule has 1 aliphatic rings. The molecule has 0 aliphatic carbocycles. The zero-order chi connectivity index (χ0) is 12.8. The van der Waals surface area contributed by atoms with Crippen molar-refractivity contribution in [3.8, 4) is 0 Å². The highest BCUT2D eigenvalue weighted by atomic mass is 32.2. The topological polar surface area (TPSA) is 15.3 Å². The zero-order valence-corrected chi connectivity index (χ0v) is 12.3. The largest absolute Gasteiger partial charge is 0.371 e. The van der Waals surface area contributed by atoms with Gasteiger partial charge >= 0.3 is 0 Å². The van der Waals surface area contributed by atoms with Crippen LogP contribution in [0.3, 0.4) is 0 Å². The van der Waals surface area contributed by atoms with Crippen LogP contribution in [0.25, 0.3) is 0 Å². The third-order valence-corrected chi connectivity index (χ3v) is 4.32. The zero-order valence-electron chi connectivity index (χ0n) is 11.5. The predicted molar refractivity (Wildman–Crippen MR) is 81.8 cm³/mol. The van der Waals surface area contributed by atoms with E-state index in [1.54, 1.807) is 0 Å². The van der Waals surface area contributed by atoms with E-state index in [2.05, 4.69) is 47.7 Å². The lowest BCUT2D eigenvalue weighted by molar-refractivity contribution is 0.416. The summed E-state index contributed by atoms with van der Waals surface area (Å²) in [6.07, 6.45) is 5.91. The molecule has 3 heteroatoms. The highest BCUT2D eigenvalue weighted by Gasteiger charge is 2.18. The van der Waals surface area contributed by atoms with Crippen LogP contribution >= 0.6 is 11.8 Å². The molecule has 1 fully saturated rings. The van der Waals surface area contributed by atoms with E-state index in [0.29, 0.717) is 0 Å². The molecule has 0 radical (unpaired) electrons. The summed E-state index contributed by atoms with van der Waals surface area (Å²) in [7, 11) is 0. The van der Waals surface area contributed by atoms with Gasteiger partial charge < -0.3 is 10.2 Å². The average molecular weight is 264 g/mol. The van der Waals surface area contributed by atoms with Crippen LogP contribution < -0.4 is 10.2 Å². The molecule has 1 aliphatic heterocycles. The molecule has 0 atom stereocenters. The number of nitrogens with zero attached hydrogens (tertiary/aromatic N) is 1. The lowest BCUT2D eigenvalue weighted by atomic mass is 10.0. The minimum atomic E-state index is 0.727. The van der Waals surface area contributed by atoms with Crippen molar-refractivity contribution in [2.75, 3.05) is 30.8 Å². The summed E-state index contributed by atoms with van der Waals surface area (Å²) in [5.74, 6) is 0. The maximum absolute atomic E-state index is 3.64. The maximum atomic E-state index is 3.64. The first kappa shape index (κ1) is 13.8. The van der Waals surface area contributed by atoms with Crippen molar-refractivity contribution in [2.24, 2.45) is 0 Å².